The second kappa shape index (κ2) is 5.42. The molecule has 18 heavy (non-hydrogen) atoms. The van der Waals surface area contributed by atoms with Crippen molar-refractivity contribution >= 4 is 11.6 Å². The van der Waals surface area contributed by atoms with Crippen LogP contribution in [-0.4, -0.2) is 29.9 Å². The number of nitrogens with one attached hydrogen (secondary N) is 1. The maximum Gasteiger partial charge on any atom is 0.254 e. The quantitative estimate of drug-likeness (QED) is 0.889. The van der Waals surface area contributed by atoms with E-state index in [0.29, 0.717) is 0 Å². The molecule has 1 N–H and O–H groups in total. The van der Waals surface area contributed by atoms with E-state index in [4.69, 9.17) is 0 Å². The van der Waals surface area contributed by atoms with Gasteiger partial charge in [-0.15, -0.1) is 0 Å². The summed E-state index contributed by atoms with van der Waals surface area (Å²) >= 11 is 0. The second-order valence-corrected chi connectivity index (χ2v) is 5.09. The van der Waals surface area contributed by atoms with Crippen molar-refractivity contribution < 1.29 is 4.79 Å². The van der Waals surface area contributed by atoms with Crippen molar-refractivity contribution in [3.8, 4) is 0 Å². The molecular formula is C15H22N2O. The molecule has 1 heterocycles. The number of rotatable bonds is 3. The minimum Gasteiger partial charge on any atom is -0.385 e. The number of anilines is 1. The molecule has 0 saturated heterocycles. The number of carbonyl (C=O) groups is 1. The fourth-order valence-corrected chi connectivity index (χ4v) is 2.52. The zero-order valence-electron chi connectivity index (χ0n) is 11.5. The lowest BCUT2D eigenvalue weighted by Gasteiger charge is -2.26. The summed E-state index contributed by atoms with van der Waals surface area (Å²) in [6, 6.07) is 6.27. The third-order valence-electron chi connectivity index (χ3n) is 3.52. The lowest BCUT2D eigenvalue weighted by atomic mass is 10.00. The first-order valence-corrected chi connectivity index (χ1v) is 6.81. The molecule has 1 aliphatic rings. The molecular weight excluding hydrogens is 224 g/mol. The molecule has 0 fully saturated rings. The zero-order valence-corrected chi connectivity index (χ0v) is 11.5. The highest BCUT2D eigenvalue weighted by Crippen LogP contribution is 2.23. The van der Waals surface area contributed by atoms with Gasteiger partial charge in [-0.05, 0) is 57.4 Å². The number of aryl methyl sites for hydroxylation is 1. The Hall–Kier alpha value is -1.51. The van der Waals surface area contributed by atoms with E-state index in [2.05, 4.69) is 25.2 Å². The van der Waals surface area contributed by atoms with Crippen molar-refractivity contribution in [1.29, 1.82) is 0 Å². The van der Waals surface area contributed by atoms with Crippen LogP contribution >= 0.6 is 0 Å². The van der Waals surface area contributed by atoms with Crippen molar-refractivity contribution in [3.05, 3.63) is 29.3 Å². The largest absolute Gasteiger partial charge is 0.385 e. The SMILES string of the molecule is CCN(C(=O)c1ccc2c(c1)CCCN2)C(C)C. The minimum atomic E-state index is 0.140. The lowest BCUT2D eigenvalue weighted by molar-refractivity contribution is 0.0717. The first kappa shape index (κ1) is 12.9. The standard InChI is InChI=1S/C15H22N2O/c1-4-17(11(2)3)15(18)13-7-8-14-12(10-13)6-5-9-16-14/h7-8,10-11,16H,4-6,9H2,1-3H3. The molecule has 3 heteroatoms. The van der Waals surface area contributed by atoms with Gasteiger partial charge in [0.2, 0.25) is 0 Å². The van der Waals surface area contributed by atoms with Crippen molar-refractivity contribution in [1.82, 2.24) is 4.90 Å². The Labute approximate surface area is 109 Å². The molecule has 98 valence electrons. The molecule has 1 amide bonds. The highest BCUT2D eigenvalue weighted by molar-refractivity contribution is 5.95. The monoisotopic (exact) mass is 246 g/mol. The first-order valence-electron chi connectivity index (χ1n) is 6.81. The van der Waals surface area contributed by atoms with Gasteiger partial charge in [-0.3, -0.25) is 4.79 Å². The molecule has 0 unspecified atom stereocenters. The zero-order chi connectivity index (χ0) is 13.1. The van der Waals surface area contributed by atoms with Gasteiger partial charge in [-0.1, -0.05) is 0 Å². The smallest absolute Gasteiger partial charge is 0.254 e. The van der Waals surface area contributed by atoms with Gasteiger partial charge >= 0.3 is 0 Å². The third kappa shape index (κ3) is 2.50. The van der Waals surface area contributed by atoms with Crippen LogP contribution in [0, 0.1) is 0 Å². The van der Waals surface area contributed by atoms with E-state index in [9.17, 15) is 4.79 Å². The van der Waals surface area contributed by atoms with Crippen LogP contribution in [0.25, 0.3) is 0 Å². The van der Waals surface area contributed by atoms with E-state index in [1.165, 1.54) is 11.3 Å². The molecule has 0 bridgehead atoms. The predicted molar refractivity (Wildman–Crippen MR) is 75.1 cm³/mol. The van der Waals surface area contributed by atoms with Crippen LogP contribution in [0.3, 0.4) is 0 Å². The molecule has 2 rings (SSSR count). The van der Waals surface area contributed by atoms with Crippen LogP contribution in [0.15, 0.2) is 18.2 Å². The molecule has 0 aliphatic carbocycles. The maximum absolute atomic E-state index is 12.4. The van der Waals surface area contributed by atoms with Crippen LogP contribution in [-0.2, 0) is 6.42 Å². The Morgan fingerprint density at radius 2 is 2.22 bits per heavy atom. The summed E-state index contributed by atoms with van der Waals surface area (Å²) in [5.74, 6) is 0.140. The topological polar surface area (TPSA) is 32.3 Å². The lowest BCUT2D eigenvalue weighted by Crippen LogP contribution is -2.36. The number of nitrogens with zero attached hydrogens (tertiary/aromatic N) is 1. The van der Waals surface area contributed by atoms with Crippen molar-refractivity contribution in [2.75, 3.05) is 18.4 Å². The number of fused-ring (bicyclic) bond motifs is 1. The van der Waals surface area contributed by atoms with Gasteiger partial charge in [0.25, 0.3) is 5.91 Å². The highest BCUT2D eigenvalue weighted by atomic mass is 16.2. The van der Waals surface area contributed by atoms with Crippen LogP contribution in [0.2, 0.25) is 0 Å². The van der Waals surface area contributed by atoms with E-state index in [1.807, 2.05) is 24.0 Å². The molecule has 0 atom stereocenters. The predicted octanol–water partition coefficient (Wildman–Crippen LogP) is 2.92. The molecule has 1 aliphatic heterocycles. The van der Waals surface area contributed by atoms with Crippen molar-refractivity contribution in [2.24, 2.45) is 0 Å². The van der Waals surface area contributed by atoms with Gasteiger partial charge in [-0.2, -0.15) is 0 Å². The molecule has 0 spiro atoms. The van der Waals surface area contributed by atoms with Gasteiger partial charge in [0.15, 0.2) is 0 Å². The summed E-state index contributed by atoms with van der Waals surface area (Å²) in [6.07, 6.45) is 2.21. The average molecular weight is 246 g/mol. The van der Waals surface area contributed by atoms with Gasteiger partial charge in [0.05, 0.1) is 0 Å². The van der Waals surface area contributed by atoms with Crippen molar-refractivity contribution in [2.45, 2.75) is 39.7 Å². The molecule has 0 saturated carbocycles. The van der Waals surface area contributed by atoms with E-state index in [0.717, 1.165) is 31.5 Å². The Bertz CT molecular complexity index is 440. The average Bonchev–Trinajstić information content (AvgIpc) is 2.38. The first-order chi connectivity index (χ1) is 8.63. The van der Waals surface area contributed by atoms with E-state index < -0.39 is 0 Å². The van der Waals surface area contributed by atoms with E-state index in [1.54, 1.807) is 0 Å². The number of carbonyl (C=O) groups excluding carboxylic acids is 1. The van der Waals surface area contributed by atoms with Crippen LogP contribution in [0.5, 0.6) is 0 Å². The van der Waals surface area contributed by atoms with Gasteiger partial charge in [0.1, 0.15) is 0 Å². The van der Waals surface area contributed by atoms with Crippen molar-refractivity contribution in [3.63, 3.8) is 0 Å². The van der Waals surface area contributed by atoms with Crippen LogP contribution in [0.1, 0.15) is 43.1 Å². The Morgan fingerprint density at radius 1 is 1.44 bits per heavy atom. The van der Waals surface area contributed by atoms with E-state index >= 15 is 0 Å². The van der Waals surface area contributed by atoms with Gasteiger partial charge in [0, 0.05) is 30.4 Å². The fraction of sp³-hybridized carbons (Fsp3) is 0.533. The van der Waals surface area contributed by atoms with Crippen LogP contribution in [0.4, 0.5) is 5.69 Å². The minimum absolute atomic E-state index is 0.140. The number of amides is 1. The second-order valence-electron chi connectivity index (χ2n) is 5.09. The molecule has 3 nitrogen and oxygen atoms in total. The highest BCUT2D eigenvalue weighted by Gasteiger charge is 2.18. The molecule has 0 radical (unpaired) electrons. The van der Waals surface area contributed by atoms with E-state index in [-0.39, 0.29) is 11.9 Å². The number of hydrogen-bond acceptors (Lipinski definition) is 2. The summed E-state index contributed by atoms with van der Waals surface area (Å²) in [7, 11) is 0. The summed E-state index contributed by atoms with van der Waals surface area (Å²) < 4.78 is 0. The summed E-state index contributed by atoms with van der Waals surface area (Å²) in [5, 5.41) is 3.37. The van der Waals surface area contributed by atoms with Gasteiger partial charge < -0.3 is 10.2 Å². The Balaban J connectivity index is 2.25. The maximum atomic E-state index is 12.4. The normalized spacial score (nSPS) is 14.0. The fourth-order valence-electron chi connectivity index (χ4n) is 2.52. The number of benzene rings is 1. The Kier molecular flexibility index (Phi) is 3.90. The van der Waals surface area contributed by atoms with Crippen LogP contribution < -0.4 is 5.32 Å². The Morgan fingerprint density at radius 3 is 2.89 bits per heavy atom. The van der Waals surface area contributed by atoms with Gasteiger partial charge in [-0.25, -0.2) is 0 Å². The number of hydrogen-bond donors (Lipinski definition) is 1. The third-order valence-corrected chi connectivity index (χ3v) is 3.52. The summed E-state index contributed by atoms with van der Waals surface area (Å²) in [5.41, 5.74) is 3.27. The molecule has 0 aromatic heterocycles. The summed E-state index contributed by atoms with van der Waals surface area (Å²) in [4.78, 5) is 14.3. The molecule has 1 aromatic carbocycles. The summed E-state index contributed by atoms with van der Waals surface area (Å²) in [6.45, 7) is 7.93. The molecule has 1 aromatic rings.